The molecule has 110 valence electrons. The van der Waals surface area contributed by atoms with Gasteiger partial charge in [-0.1, -0.05) is 0 Å². The van der Waals surface area contributed by atoms with Crippen molar-refractivity contribution in [2.75, 3.05) is 26.7 Å². The van der Waals surface area contributed by atoms with E-state index in [1.807, 2.05) is 0 Å². The summed E-state index contributed by atoms with van der Waals surface area (Å²) in [5, 5.41) is 20.8. The lowest BCUT2D eigenvalue weighted by molar-refractivity contribution is -0.139. The second kappa shape index (κ2) is 7.30. The molecule has 0 saturated carbocycles. The van der Waals surface area contributed by atoms with Gasteiger partial charge in [0.25, 0.3) is 0 Å². The van der Waals surface area contributed by atoms with Gasteiger partial charge in [0.1, 0.15) is 0 Å². The highest BCUT2D eigenvalue weighted by molar-refractivity contribution is 5.74. The molecule has 19 heavy (non-hydrogen) atoms. The molecule has 3 unspecified atom stereocenters. The number of nitrogens with one attached hydrogen (secondary N) is 1. The van der Waals surface area contributed by atoms with Crippen molar-refractivity contribution in [3.63, 3.8) is 0 Å². The average molecular weight is 274 g/mol. The molecule has 3 atom stereocenters. The van der Waals surface area contributed by atoms with Gasteiger partial charge in [0.15, 0.2) is 0 Å². The number of likely N-dealkylation sites (tertiary alicyclic amines) is 1. The summed E-state index contributed by atoms with van der Waals surface area (Å²) in [7, 11) is 1.42. The summed E-state index contributed by atoms with van der Waals surface area (Å²) in [4.78, 5) is 24.0. The number of urea groups is 1. The number of hydrogen-bond acceptors (Lipinski definition) is 4. The van der Waals surface area contributed by atoms with Gasteiger partial charge in [0.05, 0.1) is 18.6 Å². The van der Waals surface area contributed by atoms with Crippen LogP contribution in [0.25, 0.3) is 0 Å². The Kier molecular flexibility index (Phi) is 6.04. The van der Waals surface area contributed by atoms with Gasteiger partial charge in [-0.05, 0) is 13.3 Å². The van der Waals surface area contributed by atoms with Crippen molar-refractivity contribution >= 4 is 12.0 Å². The van der Waals surface area contributed by atoms with E-state index in [-0.39, 0.29) is 24.9 Å². The third kappa shape index (κ3) is 5.04. The van der Waals surface area contributed by atoms with Crippen LogP contribution in [-0.4, -0.2) is 66.1 Å². The van der Waals surface area contributed by atoms with E-state index in [0.29, 0.717) is 13.1 Å². The first-order chi connectivity index (χ1) is 8.93. The van der Waals surface area contributed by atoms with Crippen LogP contribution in [0.1, 0.15) is 19.8 Å². The fourth-order valence-corrected chi connectivity index (χ4v) is 2.11. The van der Waals surface area contributed by atoms with Gasteiger partial charge in [-0.25, -0.2) is 4.79 Å². The molecule has 0 aromatic rings. The highest BCUT2D eigenvalue weighted by Crippen LogP contribution is 2.19. The standard InChI is InChI=1S/C12H22N2O5/c1-8(15)9-3-4-14(7-9)12(18)13-6-10(19-2)5-11(16)17/h8-10,15H,3-7H2,1-2H3,(H,13,18)(H,16,17). The minimum absolute atomic E-state index is 0.114. The van der Waals surface area contributed by atoms with Gasteiger partial charge in [-0.15, -0.1) is 0 Å². The second-order valence-electron chi connectivity index (χ2n) is 4.88. The number of aliphatic carboxylic acids is 1. The summed E-state index contributed by atoms with van der Waals surface area (Å²) in [5.41, 5.74) is 0. The van der Waals surface area contributed by atoms with Crippen molar-refractivity contribution in [2.24, 2.45) is 5.92 Å². The average Bonchev–Trinajstić information content (AvgIpc) is 2.83. The molecular weight excluding hydrogens is 252 g/mol. The molecular formula is C12H22N2O5. The van der Waals surface area contributed by atoms with Crippen LogP contribution in [0.3, 0.4) is 0 Å². The Labute approximate surface area is 112 Å². The Balaban J connectivity index is 2.33. The number of hydrogen-bond donors (Lipinski definition) is 3. The van der Waals surface area contributed by atoms with Crippen LogP contribution in [-0.2, 0) is 9.53 Å². The number of carboxylic acids is 1. The molecule has 3 N–H and O–H groups in total. The Hall–Kier alpha value is -1.34. The molecule has 0 aromatic heterocycles. The number of carbonyl (C=O) groups excluding carboxylic acids is 1. The maximum atomic E-state index is 11.8. The van der Waals surface area contributed by atoms with E-state index in [1.165, 1.54) is 7.11 Å². The zero-order valence-corrected chi connectivity index (χ0v) is 11.3. The van der Waals surface area contributed by atoms with Gasteiger partial charge in [-0.3, -0.25) is 4.79 Å². The van der Waals surface area contributed by atoms with Gasteiger partial charge in [0, 0.05) is 32.7 Å². The summed E-state index contributed by atoms with van der Waals surface area (Å²) >= 11 is 0. The molecule has 2 amide bonds. The number of carbonyl (C=O) groups is 2. The molecule has 1 saturated heterocycles. The maximum absolute atomic E-state index is 11.8. The van der Waals surface area contributed by atoms with Gasteiger partial charge in [0.2, 0.25) is 0 Å². The molecule has 0 aromatic carbocycles. The van der Waals surface area contributed by atoms with E-state index in [9.17, 15) is 14.7 Å². The van der Waals surface area contributed by atoms with E-state index in [0.717, 1.165) is 6.42 Å². The monoisotopic (exact) mass is 274 g/mol. The number of ether oxygens (including phenoxy) is 1. The predicted molar refractivity (Wildman–Crippen MR) is 67.8 cm³/mol. The Morgan fingerprint density at radius 2 is 2.21 bits per heavy atom. The van der Waals surface area contributed by atoms with E-state index < -0.39 is 18.2 Å². The van der Waals surface area contributed by atoms with Crippen molar-refractivity contribution in [3.8, 4) is 0 Å². The molecule has 0 radical (unpaired) electrons. The highest BCUT2D eigenvalue weighted by atomic mass is 16.5. The van der Waals surface area contributed by atoms with Crippen molar-refractivity contribution < 1.29 is 24.5 Å². The van der Waals surface area contributed by atoms with Crippen molar-refractivity contribution in [3.05, 3.63) is 0 Å². The van der Waals surface area contributed by atoms with E-state index >= 15 is 0 Å². The molecule has 1 aliphatic heterocycles. The summed E-state index contributed by atoms with van der Waals surface area (Å²) < 4.78 is 4.98. The lowest BCUT2D eigenvalue weighted by Gasteiger charge is -2.20. The third-order valence-electron chi connectivity index (χ3n) is 3.41. The zero-order chi connectivity index (χ0) is 14.4. The summed E-state index contributed by atoms with van der Waals surface area (Å²) in [6, 6.07) is -0.240. The number of aliphatic hydroxyl groups is 1. The van der Waals surface area contributed by atoms with Crippen molar-refractivity contribution in [2.45, 2.75) is 32.0 Å². The van der Waals surface area contributed by atoms with Crippen molar-refractivity contribution in [1.29, 1.82) is 0 Å². The lowest BCUT2D eigenvalue weighted by Crippen LogP contribution is -2.43. The topological polar surface area (TPSA) is 99.1 Å². The van der Waals surface area contributed by atoms with E-state index in [4.69, 9.17) is 9.84 Å². The summed E-state index contributed by atoms with van der Waals surface area (Å²) in [6.45, 7) is 3.02. The van der Waals surface area contributed by atoms with Crippen LogP contribution in [0.2, 0.25) is 0 Å². The SMILES string of the molecule is COC(CNC(=O)N1CCC(C(C)O)C1)CC(=O)O. The van der Waals surface area contributed by atoms with Crippen LogP contribution in [0, 0.1) is 5.92 Å². The first kappa shape index (κ1) is 15.7. The van der Waals surface area contributed by atoms with Gasteiger partial charge in [-0.2, -0.15) is 0 Å². The maximum Gasteiger partial charge on any atom is 0.317 e. The van der Waals surface area contributed by atoms with E-state index in [2.05, 4.69) is 5.32 Å². The number of carboxylic acid groups (broad SMARTS) is 1. The van der Waals surface area contributed by atoms with Crippen LogP contribution in [0.15, 0.2) is 0 Å². The second-order valence-corrected chi connectivity index (χ2v) is 4.88. The smallest absolute Gasteiger partial charge is 0.317 e. The molecule has 0 aliphatic carbocycles. The number of aliphatic hydroxyl groups excluding tert-OH is 1. The molecule has 7 nitrogen and oxygen atoms in total. The quantitative estimate of drug-likeness (QED) is 0.627. The van der Waals surface area contributed by atoms with Crippen molar-refractivity contribution in [1.82, 2.24) is 10.2 Å². The third-order valence-corrected chi connectivity index (χ3v) is 3.41. The fraction of sp³-hybridized carbons (Fsp3) is 0.833. The summed E-state index contributed by atoms with van der Waals surface area (Å²) in [5.74, 6) is -0.848. The minimum Gasteiger partial charge on any atom is -0.481 e. The molecule has 7 heteroatoms. The molecule has 0 spiro atoms. The Morgan fingerprint density at radius 1 is 1.53 bits per heavy atom. The van der Waals surface area contributed by atoms with Gasteiger partial charge < -0.3 is 25.2 Å². The molecule has 0 bridgehead atoms. The van der Waals surface area contributed by atoms with E-state index in [1.54, 1.807) is 11.8 Å². The Bertz CT molecular complexity index is 321. The normalized spacial score (nSPS) is 22.1. The number of amides is 2. The first-order valence-corrected chi connectivity index (χ1v) is 6.39. The van der Waals surface area contributed by atoms with Crippen LogP contribution in [0.5, 0.6) is 0 Å². The molecule has 1 heterocycles. The molecule has 1 aliphatic rings. The van der Waals surface area contributed by atoms with Gasteiger partial charge >= 0.3 is 12.0 Å². The number of rotatable bonds is 6. The van der Waals surface area contributed by atoms with Crippen LogP contribution in [0.4, 0.5) is 4.79 Å². The molecule has 1 rings (SSSR count). The van der Waals surface area contributed by atoms with Crippen LogP contribution >= 0.6 is 0 Å². The highest BCUT2D eigenvalue weighted by Gasteiger charge is 2.29. The predicted octanol–water partition coefficient (Wildman–Crippen LogP) is -0.112. The number of methoxy groups -OCH3 is 1. The largest absolute Gasteiger partial charge is 0.481 e. The fourth-order valence-electron chi connectivity index (χ4n) is 2.11. The Morgan fingerprint density at radius 3 is 2.68 bits per heavy atom. The molecule has 1 fully saturated rings. The minimum atomic E-state index is -0.962. The summed E-state index contributed by atoms with van der Waals surface area (Å²) in [6.07, 6.45) is -0.311. The number of nitrogens with zero attached hydrogens (tertiary/aromatic N) is 1. The zero-order valence-electron chi connectivity index (χ0n) is 11.3. The first-order valence-electron chi connectivity index (χ1n) is 6.39. The van der Waals surface area contributed by atoms with Crippen LogP contribution < -0.4 is 5.32 Å². The lowest BCUT2D eigenvalue weighted by atomic mass is 10.0.